The second-order valence-corrected chi connectivity index (χ2v) is 7.46. The van der Waals surface area contributed by atoms with Crippen molar-refractivity contribution in [2.24, 2.45) is 7.05 Å². The molecule has 1 N–H and O–H groups in total. The van der Waals surface area contributed by atoms with Crippen LogP contribution in [0.4, 0.5) is 14.9 Å². The van der Waals surface area contributed by atoms with Crippen LogP contribution in [0.25, 0.3) is 0 Å². The van der Waals surface area contributed by atoms with Crippen LogP contribution >= 0.6 is 0 Å². The average molecular weight is 421 g/mol. The van der Waals surface area contributed by atoms with Gasteiger partial charge in [-0.25, -0.2) is 9.18 Å². The third-order valence-electron chi connectivity index (χ3n) is 5.54. The first-order valence-electron chi connectivity index (χ1n) is 10.1. The highest BCUT2D eigenvalue weighted by Gasteiger charge is 2.28. The number of rotatable bonds is 4. The summed E-state index contributed by atoms with van der Waals surface area (Å²) >= 11 is 0. The highest BCUT2D eigenvalue weighted by atomic mass is 19.1. The summed E-state index contributed by atoms with van der Waals surface area (Å²) in [4.78, 5) is 28.9. The molecule has 7 nitrogen and oxygen atoms in total. The van der Waals surface area contributed by atoms with Gasteiger partial charge in [0.15, 0.2) is 0 Å². The van der Waals surface area contributed by atoms with E-state index in [1.54, 1.807) is 16.8 Å². The highest BCUT2D eigenvalue weighted by molar-refractivity contribution is 6.06. The van der Waals surface area contributed by atoms with Crippen molar-refractivity contribution in [1.82, 2.24) is 20.0 Å². The summed E-state index contributed by atoms with van der Waals surface area (Å²) < 4.78 is 15.2. The Kier molecular flexibility index (Phi) is 5.70. The summed E-state index contributed by atoms with van der Waals surface area (Å²) in [6.07, 6.45) is 0.698. The largest absolute Gasteiger partial charge is 0.341 e. The van der Waals surface area contributed by atoms with Gasteiger partial charge in [-0.05, 0) is 36.4 Å². The van der Waals surface area contributed by atoms with Crippen LogP contribution in [0.5, 0.6) is 0 Å². The topological polar surface area (TPSA) is 70.5 Å². The molecule has 0 fully saturated rings. The van der Waals surface area contributed by atoms with E-state index in [4.69, 9.17) is 0 Å². The third kappa shape index (κ3) is 4.14. The van der Waals surface area contributed by atoms with E-state index in [0.29, 0.717) is 25.1 Å². The number of aromatic nitrogens is 2. The van der Waals surface area contributed by atoms with Gasteiger partial charge in [0.2, 0.25) is 0 Å². The number of benzene rings is 2. The van der Waals surface area contributed by atoms with Crippen LogP contribution < -0.4 is 10.2 Å². The first kappa shape index (κ1) is 20.6. The van der Waals surface area contributed by atoms with Crippen LogP contribution in [0.3, 0.4) is 0 Å². The van der Waals surface area contributed by atoms with Gasteiger partial charge in [-0.3, -0.25) is 9.48 Å². The number of nitrogens with one attached hydrogen (secondary N) is 1. The fourth-order valence-electron chi connectivity index (χ4n) is 3.91. The zero-order valence-electron chi connectivity index (χ0n) is 17.5. The molecule has 0 aliphatic carbocycles. The van der Waals surface area contributed by atoms with E-state index in [1.165, 1.54) is 24.3 Å². The maximum Gasteiger partial charge on any atom is 0.317 e. The Morgan fingerprint density at radius 2 is 1.84 bits per heavy atom. The second-order valence-electron chi connectivity index (χ2n) is 7.46. The molecule has 0 atom stereocenters. The van der Waals surface area contributed by atoms with Crippen molar-refractivity contribution < 1.29 is 14.0 Å². The molecule has 2 aromatic carbocycles. The number of aryl methyl sites for hydroxylation is 1. The summed E-state index contributed by atoms with van der Waals surface area (Å²) in [5, 5.41) is 7.34. The van der Waals surface area contributed by atoms with Gasteiger partial charge < -0.3 is 15.1 Å². The lowest BCUT2D eigenvalue weighted by Gasteiger charge is -2.28. The van der Waals surface area contributed by atoms with E-state index in [0.717, 1.165) is 22.6 Å². The summed E-state index contributed by atoms with van der Waals surface area (Å²) in [5.41, 5.74) is 3.88. The maximum atomic E-state index is 13.4. The van der Waals surface area contributed by atoms with Gasteiger partial charge in [0, 0.05) is 49.6 Å². The summed E-state index contributed by atoms with van der Waals surface area (Å²) in [7, 11) is 3.49. The number of anilines is 1. The number of nitrogens with zero attached hydrogens (tertiary/aromatic N) is 4. The summed E-state index contributed by atoms with van der Waals surface area (Å²) in [5.74, 6) is -0.638. The van der Waals surface area contributed by atoms with Gasteiger partial charge in [0.05, 0.1) is 18.8 Å². The fraction of sp³-hybridized carbons (Fsp3) is 0.261. The Bertz CT molecular complexity index is 1100. The van der Waals surface area contributed by atoms with Crippen molar-refractivity contribution in [1.29, 1.82) is 0 Å². The number of carbonyl (C=O) groups excluding carboxylic acids is 2. The van der Waals surface area contributed by atoms with Crippen molar-refractivity contribution >= 4 is 17.6 Å². The van der Waals surface area contributed by atoms with Crippen molar-refractivity contribution in [2.75, 3.05) is 18.5 Å². The van der Waals surface area contributed by atoms with Crippen LogP contribution in [-0.4, -0.2) is 40.2 Å². The van der Waals surface area contributed by atoms with Gasteiger partial charge >= 0.3 is 6.03 Å². The zero-order valence-corrected chi connectivity index (χ0v) is 17.5. The summed E-state index contributed by atoms with van der Waals surface area (Å²) in [6, 6.07) is 14.7. The molecule has 1 aliphatic rings. The van der Waals surface area contributed by atoms with Gasteiger partial charge in [0.1, 0.15) is 5.82 Å². The molecule has 0 saturated carbocycles. The quantitative estimate of drug-likeness (QED) is 0.704. The number of hydrogen-bond donors (Lipinski definition) is 1. The molecule has 0 unspecified atom stereocenters. The molecule has 3 amide bonds. The SMILES string of the molecule is CNC(=O)N1CCc2c(c(CN(C(=O)c3ccc(F)cc3)c3ccccc3)nn2C)C1. The Morgan fingerprint density at radius 3 is 2.52 bits per heavy atom. The van der Waals surface area contributed by atoms with Crippen LogP contribution in [-0.2, 0) is 26.6 Å². The van der Waals surface area contributed by atoms with Gasteiger partial charge in [-0.15, -0.1) is 0 Å². The lowest BCUT2D eigenvalue weighted by molar-refractivity contribution is 0.0984. The molecule has 160 valence electrons. The Hall–Kier alpha value is -3.68. The fourth-order valence-corrected chi connectivity index (χ4v) is 3.91. The van der Waals surface area contributed by atoms with Crippen LogP contribution in [0.2, 0.25) is 0 Å². The van der Waals surface area contributed by atoms with E-state index >= 15 is 0 Å². The number of para-hydroxylation sites is 1. The molecule has 3 aromatic rings. The first-order chi connectivity index (χ1) is 15.0. The standard InChI is InChI=1S/C23H24FN5O2/c1-25-23(31)28-13-12-21-19(14-28)20(26-27(21)2)15-29(18-6-4-3-5-7-18)22(30)16-8-10-17(24)11-9-16/h3-11H,12-15H2,1-2H3,(H,25,31). The first-order valence-corrected chi connectivity index (χ1v) is 10.1. The van der Waals surface area contributed by atoms with Gasteiger partial charge in [-0.2, -0.15) is 5.10 Å². The van der Waals surface area contributed by atoms with E-state index in [9.17, 15) is 14.0 Å². The smallest absolute Gasteiger partial charge is 0.317 e. The number of fused-ring (bicyclic) bond motifs is 1. The molecule has 0 saturated heterocycles. The second kappa shape index (κ2) is 8.59. The van der Waals surface area contributed by atoms with Crippen molar-refractivity contribution in [3.05, 3.63) is 82.9 Å². The Balaban J connectivity index is 1.69. The molecule has 31 heavy (non-hydrogen) atoms. The van der Waals surface area contributed by atoms with E-state index in [1.807, 2.05) is 42.1 Å². The zero-order chi connectivity index (χ0) is 22.0. The number of carbonyl (C=O) groups is 2. The van der Waals surface area contributed by atoms with Crippen LogP contribution in [0.1, 0.15) is 27.3 Å². The number of hydrogen-bond acceptors (Lipinski definition) is 3. The monoisotopic (exact) mass is 421 g/mol. The van der Waals surface area contributed by atoms with E-state index in [2.05, 4.69) is 10.4 Å². The molecule has 1 aromatic heterocycles. The Morgan fingerprint density at radius 1 is 1.13 bits per heavy atom. The molecule has 0 radical (unpaired) electrons. The minimum Gasteiger partial charge on any atom is -0.341 e. The molecule has 4 rings (SSSR count). The highest BCUT2D eigenvalue weighted by Crippen LogP contribution is 2.26. The van der Waals surface area contributed by atoms with Crippen molar-refractivity contribution in [2.45, 2.75) is 19.5 Å². The minimum absolute atomic E-state index is 0.136. The molecule has 0 spiro atoms. The lowest BCUT2D eigenvalue weighted by atomic mass is 10.0. The van der Waals surface area contributed by atoms with Crippen LogP contribution in [0.15, 0.2) is 54.6 Å². The van der Waals surface area contributed by atoms with Gasteiger partial charge in [0.25, 0.3) is 5.91 Å². The molecular formula is C23H24FN5O2. The molecule has 2 heterocycles. The molecular weight excluding hydrogens is 397 g/mol. The lowest BCUT2D eigenvalue weighted by Crippen LogP contribution is -2.41. The van der Waals surface area contributed by atoms with Crippen molar-refractivity contribution in [3.8, 4) is 0 Å². The Labute approximate surface area is 180 Å². The number of amides is 3. The van der Waals surface area contributed by atoms with Gasteiger partial charge in [-0.1, -0.05) is 18.2 Å². The van der Waals surface area contributed by atoms with Crippen molar-refractivity contribution in [3.63, 3.8) is 0 Å². The predicted octanol–water partition coefficient (Wildman–Crippen LogP) is 3.10. The summed E-state index contributed by atoms with van der Waals surface area (Å²) in [6.45, 7) is 1.29. The normalized spacial score (nSPS) is 12.9. The minimum atomic E-state index is -0.393. The predicted molar refractivity (Wildman–Crippen MR) is 115 cm³/mol. The number of urea groups is 1. The van der Waals surface area contributed by atoms with Crippen LogP contribution in [0, 0.1) is 5.82 Å². The van der Waals surface area contributed by atoms with E-state index in [-0.39, 0.29) is 18.5 Å². The average Bonchev–Trinajstić information content (AvgIpc) is 3.12. The number of halogens is 1. The third-order valence-corrected chi connectivity index (χ3v) is 5.54. The maximum absolute atomic E-state index is 13.4. The molecule has 8 heteroatoms. The molecule has 0 bridgehead atoms. The van der Waals surface area contributed by atoms with E-state index < -0.39 is 5.82 Å². The molecule has 1 aliphatic heterocycles.